The van der Waals surface area contributed by atoms with Crippen molar-refractivity contribution in [3.63, 3.8) is 0 Å². The van der Waals surface area contributed by atoms with E-state index in [-0.39, 0.29) is 11.2 Å². The molecular weight excluding hydrogens is 216 g/mol. The molecule has 1 fully saturated rings. The van der Waals surface area contributed by atoms with E-state index in [4.69, 9.17) is 4.42 Å². The van der Waals surface area contributed by atoms with Crippen LogP contribution in [0.25, 0.3) is 6.08 Å². The Kier molecular flexibility index (Phi) is 1.97. The van der Waals surface area contributed by atoms with Crippen molar-refractivity contribution in [1.29, 1.82) is 0 Å². The van der Waals surface area contributed by atoms with Gasteiger partial charge in [-0.1, -0.05) is 13.8 Å². The summed E-state index contributed by atoms with van der Waals surface area (Å²) < 4.78 is 5.14. The normalized spacial score (nSPS) is 30.5. The van der Waals surface area contributed by atoms with Crippen LogP contribution < -0.4 is 0 Å². The molecule has 1 aromatic heterocycles. The monoisotopic (exact) mass is 232 g/mol. The van der Waals surface area contributed by atoms with E-state index in [1.165, 1.54) is 0 Å². The van der Waals surface area contributed by atoms with Gasteiger partial charge in [-0.15, -0.1) is 0 Å². The fourth-order valence-electron chi connectivity index (χ4n) is 2.93. The Morgan fingerprint density at radius 3 is 2.76 bits per heavy atom. The first-order valence-corrected chi connectivity index (χ1v) is 5.93. The van der Waals surface area contributed by atoms with Gasteiger partial charge in [-0.05, 0) is 23.5 Å². The number of ketones is 1. The predicted molar refractivity (Wildman–Crippen MR) is 63.4 cm³/mol. The van der Waals surface area contributed by atoms with Crippen molar-refractivity contribution < 1.29 is 14.3 Å². The molecule has 0 aliphatic heterocycles. The van der Waals surface area contributed by atoms with Crippen molar-refractivity contribution in [3.05, 3.63) is 29.2 Å². The first-order chi connectivity index (χ1) is 7.91. The lowest BCUT2D eigenvalue weighted by Gasteiger charge is -2.42. The summed E-state index contributed by atoms with van der Waals surface area (Å²) in [7, 11) is 0. The number of hydrogen-bond acceptors (Lipinski definition) is 3. The minimum atomic E-state index is -1.29. The Balaban J connectivity index is 2.12. The molecule has 3 heteroatoms. The summed E-state index contributed by atoms with van der Waals surface area (Å²) in [5.41, 5.74) is 1.41. The van der Waals surface area contributed by atoms with Crippen LogP contribution in [0, 0.1) is 5.41 Å². The average Bonchev–Trinajstić information content (AvgIpc) is 2.62. The molecule has 17 heavy (non-hydrogen) atoms. The van der Waals surface area contributed by atoms with Crippen LogP contribution in [0.4, 0.5) is 0 Å². The van der Waals surface area contributed by atoms with Crippen LogP contribution in [0.2, 0.25) is 0 Å². The summed E-state index contributed by atoms with van der Waals surface area (Å²) in [6.07, 6.45) is 6.77. The Bertz CT molecular complexity index is 521. The third-order valence-electron chi connectivity index (χ3n) is 3.85. The van der Waals surface area contributed by atoms with E-state index in [1.54, 1.807) is 12.5 Å². The Morgan fingerprint density at radius 1 is 1.24 bits per heavy atom. The van der Waals surface area contributed by atoms with Crippen LogP contribution in [0.5, 0.6) is 0 Å². The molecule has 0 spiro atoms. The highest BCUT2D eigenvalue weighted by atomic mass is 16.3. The molecule has 1 heterocycles. The molecule has 3 rings (SSSR count). The molecule has 90 valence electrons. The second-order valence-corrected chi connectivity index (χ2v) is 6.00. The van der Waals surface area contributed by atoms with Crippen molar-refractivity contribution in [2.45, 2.75) is 38.7 Å². The van der Waals surface area contributed by atoms with E-state index in [9.17, 15) is 9.90 Å². The van der Waals surface area contributed by atoms with Crippen molar-refractivity contribution in [2.75, 3.05) is 0 Å². The van der Waals surface area contributed by atoms with E-state index >= 15 is 0 Å². The van der Waals surface area contributed by atoms with Gasteiger partial charge in [0.15, 0.2) is 5.78 Å². The van der Waals surface area contributed by atoms with Gasteiger partial charge < -0.3 is 9.52 Å². The molecule has 0 saturated heterocycles. The zero-order valence-electron chi connectivity index (χ0n) is 10.1. The molecule has 1 saturated carbocycles. The Morgan fingerprint density at radius 2 is 2.00 bits per heavy atom. The molecule has 0 radical (unpaired) electrons. The summed E-state index contributed by atoms with van der Waals surface area (Å²) in [6.45, 7) is 4.13. The standard InChI is InChI=1S/C14H16O3/c1-13(2)5-11-3-9-7-17-8-10(9)4-14(11,16)12(15)6-13/h3,7-8,16H,4-6H2,1-2H3. The maximum atomic E-state index is 12.2. The quantitative estimate of drug-likeness (QED) is 0.747. The van der Waals surface area contributed by atoms with Gasteiger partial charge in [-0.3, -0.25) is 4.79 Å². The van der Waals surface area contributed by atoms with Gasteiger partial charge in [0.1, 0.15) is 5.60 Å². The van der Waals surface area contributed by atoms with Crippen LogP contribution >= 0.6 is 0 Å². The predicted octanol–water partition coefficient (Wildman–Crippen LogP) is 2.34. The first-order valence-electron chi connectivity index (χ1n) is 5.93. The average molecular weight is 232 g/mol. The van der Waals surface area contributed by atoms with Gasteiger partial charge in [0, 0.05) is 24.0 Å². The molecule has 0 aromatic carbocycles. The third kappa shape index (κ3) is 1.49. The fourth-order valence-corrected chi connectivity index (χ4v) is 2.93. The second-order valence-electron chi connectivity index (χ2n) is 6.00. The van der Waals surface area contributed by atoms with Gasteiger partial charge in [0.05, 0.1) is 12.5 Å². The second kappa shape index (κ2) is 3.10. The Hall–Kier alpha value is -1.35. The smallest absolute Gasteiger partial charge is 0.169 e. The molecule has 2 aliphatic carbocycles. The number of fused-ring (bicyclic) bond motifs is 2. The largest absolute Gasteiger partial charge is 0.472 e. The van der Waals surface area contributed by atoms with E-state index in [0.717, 1.165) is 23.1 Å². The van der Waals surface area contributed by atoms with Crippen molar-refractivity contribution in [3.8, 4) is 0 Å². The van der Waals surface area contributed by atoms with Crippen LogP contribution in [-0.2, 0) is 11.2 Å². The van der Waals surface area contributed by atoms with Crippen LogP contribution in [0.1, 0.15) is 37.8 Å². The summed E-state index contributed by atoms with van der Waals surface area (Å²) in [4.78, 5) is 12.2. The number of furan rings is 1. The number of aliphatic hydroxyl groups is 1. The number of rotatable bonds is 0. The highest BCUT2D eigenvalue weighted by molar-refractivity contribution is 5.95. The molecule has 2 aliphatic rings. The summed E-state index contributed by atoms with van der Waals surface area (Å²) in [5.74, 6) is -0.0631. The SMILES string of the molecule is CC1(C)CC(=O)C2(O)Cc3cocc3C=C2C1. The zero-order chi connectivity index (χ0) is 12.3. The number of carbonyl (C=O) groups is 1. The summed E-state index contributed by atoms with van der Waals surface area (Å²) in [6, 6.07) is 0. The number of hydrogen-bond donors (Lipinski definition) is 1. The molecule has 3 nitrogen and oxygen atoms in total. The van der Waals surface area contributed by atoms with Crippen molar-refractivity contribution in [1.82, 2.24) is 0 Å². The maximum absolute atomic E-state index is 12.2. The van der Waals surface area contributed by atoms with Gasteiger partial charge in [-0.2, -0.15) is 0 Å². The molecular formula is C14H16O3. The molecule has 0 bridgehead atoms. The minimum Gasteiger partial charge on any atom is -0.472 e. The Labute approximate surface area is 100 Å². The first kappa shape index (κ1) is 10.8. The highest BCUT2D eigenvalue weighted by Crippen LogP contribution is 2.46. The lowest BCUT2D eigenvalue weighted by Crippen LogP contribution is -2.50. The summed E-state index contributed by atoms with van der Waals surface area (Å²) >= 11 is 0. The molecule has 0 amide bonds. The highest BCUT2D eigenvalue weighted by Gasteiger charge is 2.49. The van der Waals surface area contributed by atoms with Gasteiger partial charge in [0.25, 0.3) is 0 Å². The van der Waals surface area contributed by atoms with E-state index < -0.39 is 5.60 Å². The van der Waals surface area contributed by atoms with Crippen LogP contribution in [0.3, 0.4) is 0 Å². The lowest BCUT2D eigenvalue weighted by molar-refractivity contribution is -0.139. The number of carbonyl (C=O) groups excluding carboxylic acids is 1. The molecule has 1 atom stereocenters. The zero-order valence-corrected chi connectivity index (χ0v) is 10.1. The molecule has 1 N–H and O–H groups in total. The third-order valence-corrected chi connectivity index (χ3v) is 3.85. The van der Waals surface area contributed by atoms with Crippen molar-refractivity contribution >= 4 is 11.9 Å². The molecule has 1 unspecified atom stereocenters. The van der Waals surface area contributed by atoms with E-state index in [1.807, 2.05) is 6.08 Å². The van der Waals surface area contributed by atoms with Crippen LogP contribution in [0.15, 0.2) is 22.5 Å². The summed E-state index contributed by atoms with van der Waals surface area (Å²) in [5, 5.41) is 10.6. The maximum Gasteiger partial charge on any atom is 0.169 e. The van der Waals surface area contributed by atoms with E-state index in [2.05, 4.69) is 13.8 Å². The van der Waals surface area contributed by atoms with E-state index in [0.29, 0.717) is 12.8 Å². The molecule has 1 aromatic rings. The van der Waals surface area contributed by atoms with Gasteiger partial charge >= 0.3 is 0 Å². The lowest BCUT2D eigenvalue weighted by atomic mass is 9.63. The van der Waals surface area contributed by atoms with Crippen LogP contribution in [-0.4, -0.2) is 16.5 Å². The van der Waals surface area contributed by atoms with Gasteiger partial charge in [0.2, 0.25) is 0 Å². The minimum absolute atomic E-state index is 0.0591. The van der Waals surface area contributed by atoms with Crippen molar-refractivity contribution in [2.24, 2.45) is 5.41 Å². The van der Waals surface area contributed by atoms with Gasteiger partial charge in [-0.25, -0.2) is 0 Å². The fraction of sp³-hybridized carbons (Fsp3) is 0.500. The topological polar surface area (TPSA) is 50.4 Å². The number of Topliss-reactive ketones (excluding diaryl/α,β-unsaturated/α-hetero) is 1.